The van der Waals surface area contributed by atoms with Crippen LogP contribution in [0.25, 0.3) is 6.08 Å². The number of amides is 2. The number of methoxy groups -OCH3 is 1. The number of nitrogens with one attached hydrogen (secondary N) is 2. The third-order valence-electron chi connectivity index (χ3n) is 14.8. The average Bonchev–Trinajstić information content (AvgIpc) is 0.889. The number of carbonyl (C=O) groups excluding carboxylic acids is 6. The van der Waals surface area contributed by atoms with Gasteiger partial charge in [-0.2, -0.15) is 0 Å². The molecule has 91 heavy (non-hydrogen) atoms. The zero-order valence-electron chi connectivity index (χ0n) is 49.4. The maximum atomic E-state index is 15.5. The number of β-lactam (4-membered cyclic amide) rings is 1. The number of oxime groups is 1. The van der Waals surface area contributed by atoms with Crippen LogP contribution in [0.4, 0.5) is 5.13 Å². The van der Waals surface area contributed by atoms with E-state index in [-0.39, 0.29) is 40.8 Å². The monoisotopic (exact) mass is 1270 g/mol. The number of hydrogen-bond donors (Lipinski definition) is 2. The fourth-order valence-corrected chi connectivity index (χ4v) is 13.2. The summed E-state index contributed by atoms with van der Waals surface area (Å²) in [5, 5.41) is 12.2. The predicted octanol–water partition coefficient (Wildman–Crippen LogP) is 12.1. The molecule has 2 aliphatic heterocycles. The molecule has 0 radical (unpaired) electrons. The van der Waals surface area contributed by atoms with Crippen LogP contribution in [0.1, 0.15) is 81.3 Å². The summed E-state index contributed by atoms with van der Waals surface area (Å²) in [6.45, 7) is 4.08. The third-order valence-corrected chi connectivity index (χ3v) is 17.7. The largest absolute Gasteiger partial charge is 0.497 e. The molecule has 1 unspecified atom stereocenters. The highest BCUT2D eigenvalue weighted by Crippen LogP contribution is 2.44. The summed E-state index contributed by atoms with van der Waals surface area (Å²) in [6.07, 6.45) is 0.764. The predicted molar refractivity (Wildman–Crippen MR) is 346 cm³/mol. The molecular weight excluding hydrogens is 1210 g/mol. The first-order valence-electron chi connectivity index (χ1n) is 28.6. The Kier molecular flexibility index (Phi) is 19.4. The highest BCUT2D eigenvalue weighted by molar-refractivity contribution is 8.00. The second kappa shape index (κ2) is 28.3. The van der Waals surface area contributed by atoms with Gasteiger partial charge in [0.05, 0.1) is 18.3 Å². The Morgan fingerprint density at radius 2 is 1.30 bits per heavy atom. The lowest BCUT2D eigenvalue weighted by Crippen LogP contribution is -2.71. The molecule has 3 atom stereocenters. The summed E-state index contributed by atoms with van der Waals surface area (Å²) in [6, 6.07) is 57.3. The number of benzene rings is 7. The van der Waals surface area contributed by atoms with Crippen molar-refractivity contribution < 1.29 is 57.3 Å². The molecule has 0 aliphatic carbocycles. The van der Waals surface area contributed by atoms with Crippen LogP contribution in [-0.2, 0) is 55.2 Å². The van der Waals surface area contributed by atoms with Crippen molar-refractivity contribution in [1.82, 2.24) is 20.2 Å². The van der Waals surface area contributed by atoms with E-state index in [0.29, 0.717) is 33.1 Å². The summed E-state index contributed by atoms with van der Waals surface area (Å²) in [5.74, 6) is -4.35. The molecule has 7 aromatic carbocycles. The summed E-state index contributed by atoms with van der Waals surface area (Å²) in [7, 11) is 1.55. The molecular formula is C70H58N6O12S3. The number of nitrogens with zero attached hydrogens (tertiary/aromatic N) is 4. The van der Waals surface area contributed by atoms with E-state index in [1.165, 1.54) is 53.1 Å². The lowest BCUT2D eigenvalue weighted by Gasteiger charge is -2.49. The van der Waals surface area contributed by atoms with E-state index >= 15 is 9.59 Å². The fourth-order valence-electron chi connectivity index (χ4n) is 10.4. The number of hydrogen-bond acceptors (Lipinski definition) is 19. The number of esters is 4. The van der Waals surface area contributed by atoms with Gasteiger partial charge >= 0.3 is 23.9 Å². The van der Waals surface area contributed by atoms with Crippen molar-refractivity contribution in [3.05, 3.63) is 278 Å². The van der Waals surface area contributed by atoms with E-state index in [4.69, 9.17) is 33.5 Å². The molecule has 1 saturated heterocycles. The standard InChI is InChI=1S/C70H58N6O12S3/c1-43-58(91-42-71-43)37-33-50-40-89-66-60(65(80)76(66)61(50)67(81)84-39-46-30-34-54(83-4)35-31-46)73-64(79)59(55-41-90-69(72-55)74-70(51-24-14-7-15-25-51,52-26-16-8-17-27-52)53-28-18-9-19-29-53)75-88-63(49-32-36-56(85-44(2)77)57(38-49)86-45(3)78)68(82)87-62(47-20-10-5-11-21-47)48-22-12-6-13-23-48/h5-38,41-42,60,62-63,66H,39-40H2,1-4H3,(H,72,74)(H,73,79)/b37-33?,75-59+/t60-,63?,66-/m1/s1. The van der Waals surface area contributed by atoms with Crippen molar-refractivity contribution >= 4 is 87.0 Å². The molecule has 9 aromatic rings. The maximum Gasteiger partial charge on any atom is 0.355 e. The van der Waals surface area contributed by atoms with Gasteiger partial charge in [0.2, 0.25) is 6.10 Å². The molecule has 458 valence electrons. The SMILES string of the molecule is COc1ccc(COC(=O)C2=C(C=Cc3scnc3C)CS[C@@H]3[C@H](NC(=O)/C(=N/OC(C(=O)OC(c4ccccc4)c4ccccc4)c4ccc(OC(C)=O)c(OC(C)=O)c4)c4csc(NC(c5ccccc5)(c5ccccc5)c5ccccc5)n4)C(=O)N23)cc1. The molecule has 0 spiro atoms. The molecule has 11 rings (SSSR count). The number of aryl methyl sites for hydroxylation is 1. The molecule has 2 amide bonds. The minimum Gasteiger partial charge on any atom is -0.497 e. The van der Waals surface area contributed by atoms with Gasteiger partial charge in [0.25, 0.3) is 11.8 Å². The normalized spacial score (nSPS) is 15.0. The van der Waals surface area contributed by atoms with Gasteiger partial charge in [-0.15, -0.1) is 34.4 Å². The van der Waals surface area contributed by atoms with Crippen molar-refractivity contribution in [2.24, 2.45) is 5.16 Å². The van der Waals surface area contributed by atoms with Crippen LogP contribution in [0, 0.1) is 6.92 Å². The van der Waals surface area contributed by atoms with Crippen molar-refractivity contribution in [3.8, 4) is 17.2 Å². The Labute approximate surface area is 536 Å². The topological polar surface area (TPSA) is 223 Å². The van der Waals surface area contributed by atoms with E-state index in [1.807, 2.05) is 116 Å². The molecule has 2 N–H and O–H groups in total. The molecule has 2 aliphatic rings. The number of fused-ring (bicyclic) bond motifs is 1. The van der Waals surface area contributed by atoms with Crippen molar-refractivity contribution in [1.29, 1.82) is 0 Å². The molecule has 1 fully saturated rings. The van der Waals surface area contributed by atoms with E-state index < -0.39 is 70.6 Å². The van der Waals surface area contributed by atoms with Gasteiger partial charge in [0.15, 0.2) is 28.4 Å². The van der Waals surface area contributed by atoms with Crippen LogP contribution in [0.3, 0.4) is 0 Å². The van der Waals surface area contributed by atoms with Gasteiger partial charge in [-0.3, -0.25) is 24.1 Å². The average molecular weight is 1270 g/mol. The first kappa shape index (κ1) is 62.1. The number of carbonyl (C=O) groups is 6. The van der Waals surface area contributed by atoms with Crippen molar-refractivity contribution in [3.63, 3.8) is 0 Å². The van der Waals surface area contributed by atoms with Gasteiger partial charge in [-0.25, -0.2) is 19.6 Å². The Morgan fingerprint density at radius 1 is 0.714 bits per heavy atom. The molecule has 0 saturated carbocycles. The van der Waals surface area contributed by atoms with E-state index in [1.54, 1.807) is 96.9 Å². The van der Waals surface area contributed by atoms with Crippen LogP contribution in [0.15, 0.2) is 228 Å². The molecule has 18 nitrogen and oxygen atoms in total. The zero-order chi connectivity index (χ0) is 63.4. The van der Waals surface area contributed by atoms with Crippen LogP contribution in [0.5, 0.6) is 17.2 Å². The van der Waals surface area contributed by atoms with Gasteiger partial charge in [-0.05, 0) is 76.2 Å². The summed E-state index contributed by atoms with van der Waals surface area (Å²) in [5.41, 5.74) is 5.95. The quantitative estimate of drug-likeness (QED) is 0.0152. The first-order valence-corrected chi connectivity index (χ1v) is 31.4. The number of allylic oxidation sites excluding steroid dienone is 1. The second-order valence-corrected chi connectivity index (χ2v) is 23.6. The Morgan fingerprint density at radius 3 is 1.86 bits per heavy atom. The minimum absolute atomic E-state index is 0.00324. The van der Waals surface area contributed by atoms with Crippen molar-refractivity contribution in [2.45, 2.75) is 56.5 Å². The van der Waals surface area contributed by atoms with E-state index in [9.17, 15) is 19.2 Å². The Bertz CT molecular complexity index is 4070. The number of rotatable bonds is 23. The number of anilines is 1. The number of ether oxygens (including phenoxy) is 5. The summed E-state index contributed by atoms with van der Waals surface area (Å²) < 4.78 is 28.5. The molecule has 2 aromatic heterocycles. The Hall–Kier alpha value is -10.5. The smallest absolute Gasteiger partial charge is 0.355 e. The molecule has 0 bridgehead atoms. The summed E-state index contributed by atoms with van der Waals surface area (Å²) >= 11 is 3.90. The van der Waals surface area contributed by atoms with Crippen LogP contribution < -0.4 is 24.8 Å². The number of thioether (sulfide) groups is 1. The van der Waals surface area contributed by atoms with Gasteiger partial charge in [0.1, 0.15) is 40.7 Å². The van der Waals surface area contributed by atoms with Gasteiger partial charge in [-0.1, -0.05) is 181 Å². The van der Waals surface area contributed by atoms with E-state index in [0.717, 1.165) is 45.5 Å². The first-order chi connectivity index (χ1) is 44.3. The fraction of sp³-hybridized carbons (Fsp3) is 0.157. The lowest BCUT2D eigenvalue weighted by molar-refractivity contribution is -0.162. The third kappa shape index (κ3) is 14.0. The van der Waals surface area contributed by atoms with Gasteiger partial charge in [0, 0.05) is 35.4 Å². The Balaban J connectivity index is 0.992. The number of aromatic nitrogens is 2. The van der Waals surface area contributed by atoms with Crippen LogP contribution in [0.2, 0.25) is 0 Å². The van der Waals surface area contributed by atoms with Crippen LogP contribution >= 0.6 is 34.4 Å². The van der Waals surface area contributed by atoms with Crippen LogP contribution in [-0.4, -0.2) is 80.5 Å². The highest BCUT2D eigenvalue weighted by Gasteiger charge is 2.55. The second-order valence-electron chi connectivity index (χ2n) is 20.8. The zero-order valence-corrected chi connectivity index (χ0v) is 51.9. The highest BCUT2D eigenvalue weighted by atomic mass is 32.2. The van der Waals surface area contributed by atoms with Crippen molar-refractivity contribution in [2.75, 3.05) is 18.2 Å². The summed E-state index contributed by atoms with van der Waals surface area (Å²) in [4.78, 5) is 103. The van der Waals surface area contributed by atoms with E-state index in [2.05, 4.69) is 20.8 Å². The molecule has 21 heteroatoms. The minimum atomic E-state index is -1.84. The molecule has 4 heterocycles. The number of thiazole rings is 2. The maximum absolute atomic E-state index is 15.5. The van der Waals surface area contributed by atoms with Gasteiger partial charge < -0.3 is 39.2 Å². The lowest BCUT2D eigenvalue weighted by atomic mass is 9.77.